The van der Waals surface area contributed by atoms with Crippen LogP contribution in [0.5, 0.6) is 11.5 Å². The van der Waals surface area contributed by atoms with Crippen LogP contribution in [0.25, 0.3) is 0 Å². The molecule has 6 heteroatoms. The van der Waals surface area contributed by atoms with Gasteiger partial charge in [-0.15, -0.1) is 11.8 Å². The van der Waals surface area contributed by atoms with Gasteiger partial charge >= 0.3 is 0 Å². The number of nitrogens with zero attached hydrogens (tertiary/aromatic N) is 1. The normalized spacial score (nSPS) is 15.7. The van der Waals surface area contributed by atoms with Gasteiger partial charge in [0, 0.05) is 11.4 Å². The zero-order valence-electron chi connectivity index (χ0n) is 18.6. The minimum absolute atomic E-state index is 0.0173. The Labute approximate surface area is 193 Å². The van der Waals surface area contributed by atoms with Crippen molar-refractivity contribution in [2.24, 2.45) is 0 Å². The van der Waals surface area contributed by atoms with Gasteiger partial charge in [-0.05, 0) is 53.6 Å². The van der Waals surface area contributed by atoms with Gasteiger partial charge in [-0.1, -0.05) is 42.5 Å². The molecule has 0 aliphatic carbocycles. The Hall–Kier alpha value is -2.96. The number of ether oxygens (including phenoxy) is 2. The highest BCUT2D eigenvalue weighted by atomic mass is 32.2. The maximum absolute atomic E-state index is 13.1. The second-order valence-electron chi connectivity index (χ2n) is 7.69. The summed E-state index contributed by atoms with van der Waals surface area (Å²) < 4.78 is 11.1. The minimum atomic E-state index is -0.0405. The molecule has 0 radical (unpaired) electrons. The first-order chi connectivity index (χ1) is 15.6. The number of hydrogen-bond acceptors (Lipinski definition) is 5. The van der Waals surface area contributed by atoms with Gasteiger partial charge in [-0.25, -0.2) is 0 Å². The molecule has 0 unspecified atom stereocenters. The smallest absolute Gasteiger partial charge is 0.238 e. The molecule has 3 aromatic carbocycles. The average Bonchev–Trinajstić information content (AvgIpc) is 2.83. The number of nitrogens with one attached hydrogen (secondary N) is 1. The monoisotopic (exact) mass is 448 g/mol. The molecule has 166 valence electrons. The molecule has 0 fully saturated rings. The van der Waals surface area contributed by atoms with Gasteiger partial charge in [0.2, 0.25) is 5.91 Å². The van der Waals surface area contributed by atoms with Crippen molar-refractivity contribution in [3.05, 3.63) is 83.4 Å². The molecule has 0 bridgehead atoms. The summed E-state index contributed by atoms with van der Waals surface area (Å²) in [6, 6.07) is 22.3. The van der Waals surface area contributed by atoms with Crippen LogP contribution in [0.15, 0.2) is 71.6 Å². The number of hydrogen-bond donors (Lipinski definition) is 1. The molecule has 0 saturated heterocycles. The molecule has 3 aromatic rings. The van der Waals surface area contributed by atoms with E-state index in [0.29, 0.717) is 12.3 Å². The maximum Gasteiger partial charge on any atom is 0.238 e. The van der Waals surface area contributed by atoms with Gasteiger partial charge < -0.3 is 14.8 Å². The zero-order chi connectivity index (χ0) is 22.5. The van der Waals surface area contributed by atoms with E-state index in [1.807, 2.05) is 48.7 Å². The van der Waals surface area contributed by atoms with Gasteiger partial charge in [0.15, 0.2) is 11.5 Å². The van der Waals surface area contributed by atoms with E-state index in [1.165, 1.54) is 5.56 Å². The number of carbonyl (C=O) groups is 1. The van der Waals surface area contributed by atoms with Gasteiger partial charge in [0.1, 0.15) is 0 Å². The fourth-order valence-electron chi connectivity index (χ4n) is 4.32. The molecule has 5 nitrogen and oxygen atoms in total. The Bertz CT molecular complexity index is 1090. The number of fused-ring (bicyclic) bond motifs is 1. The highest BCUT2D eigenvalue weighted by Gasteiger charge is 2.31. The SMILES string of the molecule is COc1cc2c(cc1OC)[C@@H](c1ccccc1)N(CC(=O)Nc1ccccc1SC)CC2. The lowest BCUT2D eigenvalue weighted by molar-refractivity contribution is -0.117. The van der Waals surface area contributed by atoms with Crippen molar-refractivity contribution in [2.45, 2.75) is 17.4 Å². The van der Waals surface area contributed by atoms with E-state index < -0.39 is 0 Å². The molecule has 4 rings (SSSR count). The Morgan fingerprint density at radius 3 is 2.44 bits per heavy atom. The molecule has 0 aromatic heterocycles. The fourth-order valence-corrected chi connectivity index (χ4v) is 4.87. The Morgan fingerprint density at radius 2 is 1.72 bits per heavy atom. The standard InChI is InChI=1S/C26H28N2O3S/c1-30-22-15-19-13-14-28(17-25(29)27-21-11-7-8-12-24(21)32-3)26(18-9-5-4-6-10-18)20(19)16-23(22)31-2/h4-12,15-16,26H,13-14,17H2,1-3H3,(H,27,29)/t26-/m1/s1. The Kier molecular flexibility index (Phi) is 7.02. The van der Waals surface area contributed by atoms with E-state index in [0.717, 1.165) is 40.4 Å². The van der Waals surface area contributed by atoms with Crippen LogP contribution >= 0.6 is 11.8 Å². The van der Waals surface area contributed by atoms with Gasteiger partial charge in [0.25, 0.3) is 0 Å². The number of thioether (sulfide) groups is 1. The van der Waals surface area contributed by atoms with Crippen LogP contribution in [0.4, 0.5) is 5.69 Å². The first-order valence-electron chi connectivity index (χ1n) is 10.6. The molecule has 1 aliphatic rings. The lowest BCUT2D eigenvalue weighted by atomic mass is 9.87. The van der Waals surface area contributed by atoms with Crippen molar-refractivity contribution in [1.82, 2.24) is 4.90 Å². The molecule has 1 aliphatic heterocycles. The van der Waals surface area contributed by atoms with Gasteiger partial charge in [-0.3, -0.25) is 9.69 Å². The predicted molar refractivity (Wildman–Crippen MR) is 130 cm³/mol. The Morgan fingerprint density at radius 1 is 1.03 bits per heavy atom. The predicted octanol–water partition coefficient (Wildman–Crippen LogP) is 5.01. The van der Waals surface area contributed by atoms with Crippen molar-refractivity contribution in [3.63, 3.8) is 0 Å². The molecular weight excluding hydrogens is 420 g/mol. The molecular formula is C26H28N2O3S. The second-order valence-corrected chi connectivity index (χ2v) is 8.54. The molecule has 0 saturated carbocycles. The third kappa shape index (κ3) is 4.61. The van der Waals surface area contributed by atoms with E-state index in [2.05, 4.69) is 34.5 Å². The molecule has 32 heavy (non-hydrogen) atoms. The molecule has 1 heterocycles. The van der Waals surface area contributed by atoms with Crippen molar-refractivity contribution in [2.75, 3.05) is 38.9 Å². The lowest BCUT2D eigenvalue weighted by Crippen LogP contribution is -2.41. The summed E-state index contributed by atoms with van der Waals surface area (Å²) >= 11 is 1.63. The molecule has 1 amide bonds. The fraction of sp³-hybridized carbons (Fsp3) is 0.269. The third-order valence-electron chi connectivity index (χ3n) is 5.82. The summed E-state index contributed by atoms with van der Waals surface area (Å²) in [4.78, 5) is 16.3. The quantitative estimate of drug-likeness (QED) is 0.515. The van der Waals surface area contributed by atoms with Crippen molar-refractivity contribution < 1.29 is 14.3 Å². The first-order valence-corrected chi connectivity index (χ1v) is 11.8. The topological polar surface area (TPSA) is 50.8 Å². The largest absolute Gasteiger partial charge is 0.493 e. The molecule has 1 atom stereocenters. The van der Waals surface area contributed by atoms with Crippen LogP contribution < -0.4 is 14.8 Å². The molecule has 0 spiro atoms. The van der Waals surface area contributed by atoms with Crippen LogP contribution in [-0.2, 0) is 11.2 Å². The van der Waals surface area contributed by atoms with Crippen LogP contribution in [0.2, 0.25) is 0 Å². The second kappa shape index (κ2) is 10.1. The summed E-state index contributed by atoms with van der Waals surface area (Å²) in [5.41, 5.74) is 4.38. The summed E-state index contributed by atoms with van der Waals surface area (Å²) in [5.74, 6) is 1.42. The average molecular weight is 449 g/mol. The van der Waals surface area contributed by atoms with E-state index in [4.69, 9.17) is 9.47 Å². The van der Waals surface area contributed by atoms with Crippen LogP contribution in [0, 0.1) is 0 Å². The summed E-state index contributed by atoms with van der Waals surface area (Å²) in [6.07, 6.45) is 2.85. The third-order valence-corrected chi connectivity index (χ3v) is 6.61. The minimum Gasteiger partial charge on any atom is -0.493 e. The maximum atomic E-state index is 13.1. The highest BCUT2D eigenvalue weighted by Crippen LogP contribution is 2.41. The first kappa shape index (κ1) is 22.2. The van der Waals surface area contributed by atoms with Crippen molar-refractivity contribution in [3.8, 4) is 11.5 Å². The van der Waals surface area contributed by atoms with Crippen molar-refractivity contribution in [1.29, 1.82) is 0 Å². The van der Waals surface area contributed by atoms with Crippen LogP contribution in [0.1, 0.15) is 22.7 Å². The van der Waals surface area contributed by atoms with E-state index in [1.54, 1.807) is 26.0 Å². The van der Waals surface area contributed by atoms with E-state index >= 15 is 0 Å². The zero-order valence-corrected chi connectivity index (χ0v) is 19.4. The molecule has 1 N–H and O–H groups in total. The number of carbonyl (C=O) groups excluding carboxylic acids is 1. The van der Waals surface area contributed by atoms with Crippen LogP contribution in [-0.4, -0.2) is 44.4 Å². The number of amides is 1. The highest BCUT2D eigenvalue weighted by molar-refractivity contribution is 7.98. The summed E-state index contributed by atoms with van der Waals surface area (Å²) in [5, 5.41) is 3.10. The Balaban J connectivity index is 1.65. The van der Waals surface area contributed by atoms with E-state index in [9.17, 15) is 4.79 Å². The van der Waals surface area contributed by atoms with Gasteiger partial charge in [-0.2, -0.15) is 0 Å². The number of para-hydroxylation sites is 1. The van der Waals surface area contributed by atoms with Gasteiger partial charge in [0.05, 0.1) is 32.5 Å². The number of methoxy groups -OCH3 is 2. The van der Waals surface area contributed by atoms with Crippen LogP contribution in [0.3, 0.4) is 0 Å². The van der Waals surface area contributed by atoms with Crippen molar-refractivity contribution >= 4 is 23.4 Å². The summed E-state index contributed by atoms with van der Waals surface area (Å²) in [7, 11) is 3.31. The number of anilines is 1. The summed E-state index contributed by atoms with van der Waals surface area (Å²) in [6.45, 7) is 1.08. The number of benzene rings is 3. The van der Waals surface area contributed by atoms with E-state index in [-0.39, 0.29) is 11.9 Å². The lowest BCUT2D eigenvalue weighted by Gasteiger charge is -2.37. The number of rotatable bonds is 7.